The number of benzene rings is 1. The molecule has 0 fully saturated rings. The van der Waals surface area contributed by atoms with Crippen LogP contribution in [0.3, 0.4) is 0 Å². The van der Waals surface area contributed by atoms with Crippen molar-refractivity contribution in [2.45, 2.75) is 33.7 Å². The second-order valence-corrected chi connectivity index (χ2v) is 7.11. The molecular weight excluding hydrogens is 459 g/mol. The molecule has 0 saturated carbocycles. The molecule has 26 heavy (non-hydrogen) atoms. The Morgan fingerprint density at radius 1 is 1.19 bits per heavy atom. The maximum Gasteiger partial charge on any atom is 0.191 e. The number of fused-ring (bicyclic) bond motifs is 1. The summed E-state index contributed by atoms with van der Waals surface area (Å²) in [5.41, 5.74) is 3.18. The molecule has 8 heteroatoms. The molecule has 2 heterocycles. The number of thiazole rings is 1. The first-order valence-electron chi connectivity index (χ1n) is 8.54. The van der Waals surface area contributed by atoms with Gasteiger partial charge in [-0.15, -0.1) is 35.3 Å². The number of H-pyrrole nitrogens is 1. The first kappa shape index (κ1) is 20.6. The molecule has 1 aromatic carbocycles. The molecular formula is C18H25IN6S. The second-order valence-electron chi connectivity index (χ2n) is 5.82. The molecule has 0 unspecified atom stereocenters. The summed E-state index contributed by atoms with van der Waals surface area (Å²) < 4.78 is 0. The van der Waals surface area contributed by atoms with E-state index in [0.717, 1.165) is 53.0 Å². The van der Waals surface area contributed by atoms with Crippen LogP contribution in [0.25, 0.3) is 11.0 Å². The van der Waals surface area contributed by atoms with E-state index in [1.807, 2.05) is 31.2 Å². The van der Waals surface area contributed by atoms with E-state index in [1.165, 1.54) is 4.88 Å². The molecule has 0 saturated heterocycles. The average Bonchev–Trinajstić information content (AvgIpc) is 3.15. The number of hydrogen-bond acceptors (Lipinski definition) is 4. The molecule has 0 aliphatic carbocycles. The number of nitrogens with zero attached hydrogens (tertiary/aromatic N) is 3. The van der Waals surface area contributed by atoms with Gasteiger partial charge >= 0.3 is 0 Å². The monoisotopic (exact) mass is 484 g/mol. The predicted molar refractivity (Wildman–Crippen MR) is 120 cm³/mol. The van der Waals surface area contributed by atoms with Crippen molar-refractivity contribution >= 4 is 52.3 Å². The van der Waals surface area contributed by atoms with Crippen LogP contribution in [0.2, 0.25) is 0 Å². The van der Waals surface area contributed by atoms with Crippen molar-refractivity contribution in [3.05, 3.63) is 45.7 Å². The second kappa shape index (κ2) is 9.86. The van der Waals surface area contributed by atoms with Crippen molar-refractivity contribution < 1.29 is 0 Å². The largest absolute Gasteiger partial charge is 0.357 e. The van der Waals surface area contributed by atoms with E-state index in [1.54, 1.807) is 11.3 Å². The van der Waals surface area contributed by atoms with Crippen LogP contribution in [0.1, 0.15) is 28.3 Å². The third kappa shape index (κ3) is 5.41. The number of para-hydroxylation sites is 2. The molecule has 0 atom stereocenters. The molecule has 140 valence electrons. The van der Waals surface area contributed by atoms with Crippen LogP contribution in [-0.2, 0) is 13.0 Å². The minimum absolute atomic E-state index is 0. The fraction of sp³-hybridized carbons (Fsp3) is 0.389. The number of imidazole rings is 1. The fourth-order valence-electron chi connectivity index (χ4n) is 2.52. The van der Waals surface area contributed by atoms with Gasteiger partial charge in [0.05, 0.1) is 23.3 Å². The summed E-state index contributed by atoms with van der Waals surface area (Å²) in [5.74, 6) is 1.79. The Morgan fingerprint density at radius 2 is 2.00 bits per heavy atom. The van der Waals surface area contributed by atoms with Crippen molar-refractivity contribution in [2.24, 2.45) is 4.99 Å². The minimum atomic E-state index is 0. The first-order chi connectivity index (χ1) is 12.2. The van der Waals surface area contributed by atoms with Crippen molar-refractivity contribution in [3.8, 4) is 0 Å². The summed E-state index contributed by atoms with van der Waals surface area (Å²) in [5, 5.41) is 7.68. The Balaban J connectivity index is 0.00000243. The third-order valence-electron chi connectivity index (χ3n) is 3.88. The summed E-state index contributed by atoms with van der Waals surface area (Å²) in [6, 6.07) is 8.08. The first-order valence-corrected chi connectivity index (χ1v) is 9.36. The Kier molecular flexibility index (Phi) is 7.83. The highest BCUT2D eigenvalue weighted by molar-refractivity contribution is 14.0. The summed E-state index contributed by atoms with van der Waals surface area (Å²) in [6.07, 6.45) is 0.814. The number of rotatable bonds is 6. The average molecular weight is 484 g/mol. The van der Waals surface area contributed by atoms with Gasteiger partial charge in [0.2, 0.25) is 0 Å². The number of guanidine groups is 1. The zero-order valence-electron chi connectivity index (χ0n) is 15.3. The number of aromatic amines is 1. The Labute approximate surface area is 175 Å². The Hall–Kier alpha value is -1.68. The van der Waals surface area contributed by atoms with Gasteiger partial charge in [0, 0.05) is 24.4 Å². The number of aromatic nitrogens is 3. The maximum absolute atomic E-state index is 4.62. The van der Waals surface area contributed by atoms with E-state index in [-0.39, 0.29) is 24.0 Å². The van der Waals surface area contributed by atoms with Gasteiger partial charge in [0.1, 0.15) is 10.8 Å². The van der Waals surface area contributed by atoms with Gasteiger partial charge < -0.3 is 15.6 Å². The van der Waals surface area contributed by atoms with Gasteiger partial charge in [0.15, 0.2) is 5.96 Å². The zero-order valence-corrected chi connectivity index (χ0v) is 18.4. The molecule has 0 amide bonds. The van der Waals surface area contributed by atoms with Crippen molar-refractivity contribution in [3.63, 3.8) is 0 Å². The van der Waals surface area contributed by atoms with Crippen LogP contribution in [0.15, 0.2) is 29.3 Å². The highest BCUT2D eigenvalue weighted by atomic mass is 127. The Morgan fingerprint density at radius 3 is 2.69 bits per heavy atom. The number of halogens is 1. The molecule has 3 rings (SSSR count). The number of aryl methyl sites for hydroxylation is 2. The quantitative estimate of drug-likeness (QED) is 0.284. The molecule has 0 aliphatic rings. The number of nitrogens with one attached hydrogen (secondary N) is 3. The van der Waals surface area contributed by atoms with Crippen molar-refractivity contribution in [2.75, 3.05) is 13.1 Å². The van der Waals surface area contributed by atoms with E-state index in [9.17, 15) is 0 Å². The summed E-state index contributed by atoms with van der Waals surface area (Å²) in [7, 11) is 0. The SMILES string of the molecule is CCNC(=NCc1nc(C)c(C)s1)NCCc1nc2ccccc2[nH]1.I. The third-order valence-corrected chi connectivity index (χ3v) is 4.94. The summed E-state index contributed by atoms with van der Waals surface area (Å²) in [6.45, 7) is 8.38. The minimum Gasteiger partial charge on any atom is -0.357 e. The zero-order chi connectivity index (χ0) is 17.6. The van der Waals surface area contributed by atoms with Gasteiger partial charge in [0.25, 0.3) is 0 Å². The van der Waals surface area contributed by atoms with E-state index >= 15 is 0 Å². The molecule has 3 aromatic rings. The smallest absolute Gasteiger partial charge is 0.191 e. The lowest BCUT2D eigenvalue weighted by atomic mass is 10.3. The standard InChI is InChI=1S/C18H24N6S.HI/c1-4-19-18(21-11-17-22-12(2)13(3)25-17)20-10-9-16-23-14-7-5-6-8-15(14)24-16;/h5-8H,4,9-11H2,1-3H3,(H,23,24)(H2,19,20,21);1H. The number of hydrogen-bond donors (Lipinski definition) is 3. The van der Waals surface area contributed by atoms with Crippen molar-refractivity contribution in [1.29, 1.82) is 0 Å². The highest BCUT2D eigenvalue weighted by Crippen LogP contribution is 2.17. The van der Waals surface area contributed by atoms with Gasteiger partial charge in [-0.25, -0.2) is 15.0 Å². The lowest BCUT2D eigenvalue weighted by molar-refractivity contribution is 0.779. The summed E-state index contributed by atoms with van der Waals surface area (Å²) >= 11 is 1.71. The molecule has 6 nitrogen and oxygen atoms in total. The lowest BCUT2D eigenvalue weighted by Crippen LogP contribution is -2.38. The van der Waals surface area contributed by atoms with E-state index in [0.29, 0.717) is 6.54 Å². The van der Waals surface area contributed by atoms with Crippen molar-refractivity contribution in [1.82, 2.24) is 25.6 Å². The molecule has 0 bridgehead atoms. The van der Waals surface area contributed by atoms with Crippen LogP contribution in [0, 0.1) is 13.8 Å². The van der Waals surface area contributed by atoms with Crippen LogP contribution >= 0.6 is 35.3 Å². The van der Waals surface area contributed by atoms with Crippen LogP contribution < -0.4 is 10.6 Å². The van der Waals surface area contributed by atoms with Gasteiger partial charge in [-0.2, -0.15) is 0 Å². The maximum atomic E-state index is 4.62. The van der Waals surface area contributed by atoms with Gasteiger partial charge in [-0.05, 0) is 32.9 Å². The topological polar surface area (TPSA) is 78.0 Å². The van der Waals surface area contributed by atoms with Gasteiger partial charge in [-0.3, -0.25) is 0 Å². The lowest BCUT2D eigenvalue weighted by Gasteiger charge is -2.10. The molecule has 0 spiro atoms. The molecule has 2 aromatic heterocycles. The van der Waals surface area contributed by atoms with E-state index < -0.39 is 0 Å². The Bertz CT molecular complexity index is 817. The van der Waals surface area contributed by atoms with Gasteiger partial charge in [-0.1, -0.05) is 12.1 Å². The van der Waals surface area contributed by atoms with Crippen LogP contribution in [0.5, 0.6) is 0 Å². The van der Waals surface area contributed by atoms with E-state index in [2.05, 4.69) is 44.4 Å². The molecule has 0 radical (unpaired) electrons. The normalized spacial score (nSPS) is 11.4. The molecule has 3 N–H and O–H groups in total. The van der Waals surface area contributed by atoms with Crippen LogP contribution in [0.4, 0.5) is 0 Å². The van der Waals surface area contributed by atoms with E-state index in [4.69, 9.17) is 0 Å². The summed E-state index contributed by atoms with van der Waals surface area (Å²) in [4.78, 5) is 18.4. The highest BCUT2D eigenvalue weighted by Gasteiger charge is 2.05. The fourth-order valence-corrected chi connectivity index (χ4v) is 3.38. The van der Waals surface area contributed by atoms with Crippen LogP contribution in [-0.4, -0.2) is 34.0 Å². The molecule has 0 aliphatic heterocycles. The predicted octanol–water partition coefficient (Wildman–Crippen LogP) is 3.55. The number of aliphatic imine (C=N–C) groups is 1.